The number of hydrogen-bond donors (Lipinski definition) is 1. The van der Waals surface area contributed by atoms with Crippen molar-refractivity contribution in [3.63, 3.8) is 0 Å². The van der Waals surface area contributed by atoms with Gasteiger partial charge >= 0.3 is 11.9 Å². The highest BCUT2D eigenvalue weighted by Gasteiger charge is 2.39. The molecule has 0 atom stereocenters. The first-order valence-electron chi connectivity index (χ1n) is 7.86. The zero-order chi connectivity index (χ0) is 18.2. The molecule has 2 heterocycles. The minimum absolute atomic E-state index is 0.0165. The molecule has 6 nitrogen and oxygen atoms in total. The maximum absolute atomic E-state index is 13.2. The number of hydrogen-bond acceptors (Lipinski definition) is 6. The molecule has 0 bridgehead atoms. The van der Waals surface area contributed by atoms with Crippen LogP contribution in [0.4, 0.5) is 24.5 Å². The molecule has 0 saturated heterocycles. The topological polar surface area (TPSA) is 85.3 Å². The van der Waals surface area contributed by atoms with Crippen LogP contribution in [0.3, 0.4) is 0 Å². The molecule has 1 fully saturated rings. The molecule has 136 valence electrons. The van der Waals surface area contributed by atoms with Crippen LogP contribution in [0, 0.1) is 10.1 Å². The Kier molecular flexibility index (Phi) is 4.83. The molecule has 0 radical (unpaired) electrons. The van der Waals surface area contributed by atoms with Gasteiger partial charge in [-0.2, -0.15) is 13.2 Å². The van der Waals surface area contributed by atoms with Crippen LogP contribution < -0.4 is 10.6 Å². The average molecular weight is 374 g/mol. The van der Waals surface area contributed by atoms with Crippen molar-refractivity contribution in [1.82, 2.24) is 4.98 Å². The maximum Gasteiger partial charge on any atom is 0.405 e. The standard InChI is InChI=1S/C15H17F3N4O2S/c16-15(17,18)8-21(10-3-1-9(19)2-4-10)13-12(22(23)24)7-20-11-5-6-25-14(11)13/h5-7,9-10H,1-4,8,19H2. The Morgan fingerprint density at radius 1 is 1.36 bits per heavy atom. The van der Waals surface area contributed by atoms with E-state index in [-0.39, 0.29) is 11.7 Å². The highest BCUT2D eigenvalue weighted by atomic mass is 32.1. The van der Waals surface area contributed by atoms with E-state index < -0.39 is 29.4 Å². The van der Waals surface area contributed by atoms with Crippen LogP contribution in [0.25, 0.3) is 10.2 Å². The van der Waals surface area contributed by atoms with Gasteiger partial charge in [-0.3, -0.25) is 10.1 Å². The van der Waals surface area contributed by atoms with E-state index in [0.29, 0.717) is 35.9 Å². The lowest BCUT2D eigenvalue weighted by molar-refractivity contribution is -0.384. The summed E-state index contributed by atoms with van der Waals surface area (Å²) in [6.07, 6.45) is -1.27. The molecule has 0 aromatic carbocycles. The van der Waals surface area contributed by atoms with Crippen molar-refractivity contribution in [1.29, 1.82) is 0 Å². The van der Waals surface area contributed by atoms with Crippen LogP contribution in [-0.4, -0.2) is 34.7 Å². The van der Waals surface area contributed by atoms with Crippen LogP contribution in [0.5, 0.6) is 0 Å². The van der Waals surface area contributed by atoms with E-state index in [1.165, 1.54) is 0 Å². The average Bonchev–Trinajstić information content (AvgIpc) is 3.00. The fourth-order valence-corrected chi connectivity index (χ4v) is 4.21. The molecule has 2 aromatic heterocycles. The normalized spacial score (nSPS) is 21.4. The zero-order valence-electron chi connectivity index (χ0n) is 13.2. The number of fused-ring (bicyclic) bond motifs is 1. The SMILES string of the molecule is NC1CCC(N(CC(F)(F)F)c2c([N+](=O)[O-])cnc3ccsc23)CC1. The van der Waals surface area contributed by atoms with E-state index in [9.17, 15) is 23.3 Å². The van der Waals surface area contributed by atoms with E-state index in [2.05, 4.69) is 4.98 Å². The summed E-state index contributed by atoms with van der Waals surface area (Å²) in [6, 6.07) is 1.18. The highest BCUT2D eigenvalue weighted by Crippen LogP contribution is 2.42. The van der Waals surface area contributed by atoms with Crippen LogP contribution in [0.2, 0.25) is 0 Å². The molecule has 2 N–H and O–H groups in total. The summed E-state index contributed by atoms with van der Waals surface area (Å²) in [5, 5.41) is 13.1. The number of anilines is 1. The first kappa shape index (κ1) is 17.9. The van der Waals surface area contributed by atoms with Crippen molar-refractivity contribution < 1.29 is 18.1 Å². The van der Waals surface area contributed by atoms with Gasteiger partial charge in [0.1, 0.15) is 18.4 Å². The number of nitro groups is 1. The number of aromatic nitrogens is 1. The van der Waals surface area contributed by atoms with Gasteiger partial charge in [0.15, 0.2) is 0 Å². The lowest BCUT2D eigenvalue weighted by Crippen LogP contribution is -2.45. The second-order valence-electron chi connectivity index (χ2n) is 6.20. The Labute approximate surface area is 145 Å². The number of halogens is 3. The van der Waals surface area contributed by atoms with E-state index in [4.69, 9.17) is 5.73 Å². The number of thiophene rings is 1. The van der Waals surface area contributed by atoms with E-state index in [1.807, 2.05) is 0 Å². The Morgan fingerprint density at radius 2 is 2.04 bits per heavy atom. The number of pyridine rings is 1. The van der Waals surface area contributed by atoms with Crippen molar-refractivity contribution in [3.05, 3.63) is 27.8 Å². The van der Waals surface area contributed by atoms with Crippen molar-refractivity contribution in [3.8, 4) is 0 Å². The second kappa shape index (κ2) is 6.75. The summed E-state index contributed by atoms with van der Waals surface area (Å²) in [5.41, 5.74) is 5.94. The van der Waals surface area contributed by atoms with Crippen molar-refractivity contribution in [2.75, 3.05) is 11.4 Å². The molecule has 0 amide bonds. The Morgan fingerprint density at radius 3 is 2.64 bits per heavy atom. The Hall–Kier alpha value is -1.94. The number of alkyl halides is 3. The van der Waals surface area contributed by atoms with Gasteiger partial charge in [-0.1, -0.05) is 0 Å². The summed E-state index contributed by atoms with van der Waals surface area (Å²) >= 11 is 1.16. The third kappa shape index (κ3) is 3.84. The maximum atomic E-state index is 13.2. The van der Waals surface area contributed by atoms with Gasteiger partial charge in [0, 0.05) is 12.1 Å². The molecule has 0 spiro atoms. The smallest absolute Gasteiger partial charge is 0.353 e. The quantitative estimate of drug-likeness (QED) is 0.649. The highest BCUT2D eigenvalue weighted by molar-refractivity contribution is 7.17. The lowest BCUT2D eigenvalue weighted by atomic mass is 9.90. The van der Waals surface area contributed by atoms with Crippen molar-refractivity contribution in [2.24, 2.45) is 5.73 Å². The summed E-state index contributed by atoms with van der Waals surface area (Å²) in [6.45, 7) is -1.23. The number of rotatable bonds is 4. The predicted octanol–water partition coefficient (Wildman–Crippen LogP) is 3.84. The molecule has 3 rings (SSSR count). The van der Waals surface area contributed by atoms with Gasteiger partial charge in [0.25, 0.3) is 0 Å². The molecule has 1 aliphatic carbocycles. The van der Waals surface area contributed by atoms with Crippen molar-refractivity contribution >= 4 is 32.9 Å². The molecular weight excluding hydrogens is 357 g/mol. The largest absolute Gasteiger partial charge is 0.405 e. The predicted molar refractivity (Wildman–Crippen MR) is 89.9 cm³/mol. The van der Waals surface area contributed by atoms with Crippen LogP contribution in [0.15, 0.2) is 17.6 Å². The van der Waals surface area contributed by atoms with E-state index in [1.54, 1.807) is 11.4 Å². The summed E-state index contributed by atoms with van der Waals surface area (Å²) in [7, 11) is 0. The van der Waals surface area contributed by atoms with Crippen LogP contribution >= 0.6 is 11.3 Å². The minimum Gasteiger partial charge on any atom is -0.353 e. The molecule has 25 heavy (non-hydrogen) atoms. The minimum atomic E-state index is -4.47. The van der Waals surface area contributed by atoms with Crippen LogP contribution in [-0.2, 0) is 0 Å². The molecule has 2 aromatic rings. The Balaban J connectivity index is 2.11. The lowest BCUT2D eigenvalue weighted by Gasteiger charge is -2.37. The Bertz CT molecular complexity index is 772. The zero-order valence-corrected chi connectivity index (χ0v) is 14.0. The van der Waals surface area contributed by atoms with Crippen LogP contribution in [0.1, 0.15) is 25.7 Å². The fourth-order valence-electron chi connectivity index (χ4n) is 3.30. The summed E-state index contributed by atoms with van der Waals surface area (Å²) in [5.74, 6) is 0. The van der Waals surface area contributed by atoms with Gasteiger partial charge in [0.2, 0.25) is 0 Å². The van der Waals surface area contributed by atoms with Gasteiger partial charge < -0.3 is 10.6 Å². The molecule has 1 aliphatic rings. The molecule has 0 unspecified atom stereocenters. The molecule has 0 aliphatic heterocycles. The third-order valence-corrected chi connectivity index (χ3v) is 5.35. The third-order valence-electron chi connectivity index (χ3n) is 4.44. The van der Waals surface area contributed by atoms with E-state index >= 15 is 0 Å². The second-order valence-corrected chi connectivity index (χ2v) is 7.11. The number of nitrogens with zero attached hydrogens (tertiary/aromatic N) is 3. The first-order valence-corrected chi connectivity index (χ1v) is 8.74. The molecule has 10 heteroatoms. The summed E-state index contributed by atoms with van der Waals surface area (Å²) in [4.78, 5) is 15.9. The van der Waals surface area contributed by atoms with Gasteiger partial charge in [-0.25, -0.2) is 4.98 Å². The first-order chi connectivity index (χ1) is 11.8. The molecule has 1 saturated carbocycles. The van der Waals surface area contributed by atoms with Gasteiger partial charge in [-0.15, -0.1) is 11.3 Å². The van der Waals surface area contributed by atoms with Crippen molar-refractivity contribution in [2.45, 2.75) is 43.9 Å². The summed E-state index contributed by atoms with van der Waals surface area (Å²) < 4.78 is 40.1. The van der Waals surface area contributed by atoms with Gasteiger partial charge in [0.05, 0.1) is 15.1 Å². The van der Waals surface area contributed by atoms with Gasteiger partial charge in [-0.05, 0) is 37.1 Å². The molecular formula is C15H17F3N4O2S. The fraction of sp³-hybridized carbons (Fsp3) is 0.533. The monoisotopic (exact) mass is 374 g/mol. The number of nitrogens with two attached hydrogens (primary N) is 1. The van der Waals surface area contributed by atoms with E-state index in [0.717, 1.165) is 22.4 Å².